The van der Waals surface area contributed by atoms with Crippen LogP contribution in [0.25, 0.3) is 0 Å². The summed E-state index contributed by atoms with van der Waals surface area (Å²) in [6.45, 7) is 2.26. The normalized spacial score (nSPS) is 33.2. The molecule has 0 aromatic carbocycles. The largest absolute Gasteiger partial charge is 0.396 e. The van der Waals surface area contributed by atoms with Gasteiger partial charge in [-0.3, -0.25) is 4.79 Å². The van der Waals surface area contributed by atoms with Crippen molar-refractivity contribution in [1.29, 1.82) is 0 Å². The van der Waals surface area contributed by atoms with Gasteiger partial charge < -0.3 is 5.11 Å². The van der Waals surface area contributed by atoms with Gasteiger partial charge in [-0.15, -0.1) is 0 Å². The number of rotatable bonds is 2. The fraction of sp³-hybridized carbons (Fsp3) is 0.875. The van der Waals surface area contributed by atoms with E-state index in [1.807, 2.05) is 0 Å². The van der Waals surface area contributed by atoms with Crippen molar-refractivity contribution in [3.8, 4) is 0 Å². The van der Waals surface area contributed by atoms with Gasteiger partial charge in [0, 0.05) is 19.4 Å². The highest BCUT2D eigenvalue weighted by Gasteiger charge is 2.30. The standard InChI is InChI=1S/C8H14O2/c1-2-6-3-8(10)4-7(6)5-9/h6-7,9H,2-5H2,1H3/t6-,7?/m0/s1. The monoisotopic (exact) mass is 142 g/mol. The summed E-state index contributed by atoms with van der Waals surface area (Å²) in [5.74, 6) is 1.04. The van der Waals surface area contributed by atoms with Gasteiger partial charge in [-0.1, -0.05) is 13.3 Å². The molecule has 2 atom stereocenters. The van der Waals surface area contributed by atoms with Crippen LogP contribution in [0.3, 0.4) is 0 Å². The fourth-order valence-corrected chi connectivity index (χ4v) is 1.69. The quantitative estimate of drug-likeness (QED) is 0.624. The molecule has 1 N–H and O–H groups in total. The summed E-state index contributed by atoms with van der Waals surface area (Å²) in [6, 6.07) is 0. The van der Waals surface area contributed by atoms with E-state index in [0.29, 0.717) is 24.5 Å². The molecule has 1 fully saturated rings. The third-order valence-corrected chi connectivity index (χ3v) is 2.41. The molecule has 0 spiro atoms. The number of hydrogen-bond acceptors (Lipinski definition) is 2. The van der Waals surface area contributed by atoms with Gasteiger partial charge in [-0.25, -0.2) is 0 Å². The van der Waals surface area contributed by atoms with Crippen molar-refractivity contribution in [1.82, 2.24) is 0 Å². The average molecular weight is 142 g/mol. The van der Waals surface area contributed by atoms with Gasteiger partial charge in [0.05, 0.1) is 0 Å². The molecule has 2 heteroatoms. The number of Topliss-reactive ketones (excluding diaryl/α,β-unsaturated/α-hetero) is 1. The highest BCUT2D eigenvalue weighted by atomic mass is 16.3. The molecule has 0 aromatic rings. The molecule has 0 aliphatic heterocycles. The first-order valence-electron chi connectivity index (χ1n) is 3.90. The SMILES string of the molecule is CC[C@H]1CC(=O)CC1CO. The molecule has 0 saturated heterocycles. The maximum atomic E-state index is 10.9. The summed E-state index contributed by atoms with van der Waals surface area (Å²) < 4.78 is 0. The molecule has 1 rings (SSSR count). The topological polar surface area (TPSA) is 37.3 Å². The first-order valence-corrected chi connectivity index (χ1v) is 3.90. The second-order valence-corrected chi connectivity index (χ2v) is 3.06. The molecule has 0 heterocycles. The minimum atomic E-state index is 0.185. The zero-order chi connectivity index (χ0) is 7.56. The molecule has 58 valence electrons. The van der Waals surface area contributed by atoms with Crippen LogP contribution in [0.2, 0.25) is 0 Å². The summed E-state index contributed by atoms with van der Waals surface area (Å²) in [5, 5.41) is 8.83. The van der Waals surface area contributed by atoms with Crippen LogP contribution in [0.15, 0.2) is 0 Å². The number of ketones is 1. The Bertz CT molecular complexity index is 117. The van der Waals surface area contributed by atoms with E-state index in [1.54, 1.807) is 0 Å². The van der Waals surface area contributed by atoms with E-state index in [-0.39, 0.29) is 12.5 Å². The molecular weight excluding hydrogens is 128 g/mol. The summed E-state index contributed by atoms with van der Waals surface area (Å²) >= 11 is 0. The Labute approximate surface area is 61.2 Å². The van der Waals surface area contributed by atoms with Crippen LogP contribution >= 0.6 is 0 Å². The molecule has 1 aliphatic rings. The molecule has 2 nitrogen and oxygen atoms in total. The van der Waals surface area contributed by atoms with Crippen LogP contribution < -0.4 is 0 Å². The second-order valence-electron chi connectivity index (χ2n) is 3.06. The van der Waals surface area contributed by atoms with Crippen molar-refractivity contribution in [3.05, 3.63) is 0 Å². The predicted molar refractivity (Wildman–Crippen MR) is 38.6 cm³/mol. The molecule has 0 aromatic heterocycles. The van der Waals surface area contributed by atoms with Crippen molar-refractivity contribution in [2.45, 2.75) is 26.2 Å². The average Bonchev–Trinajstić information content (AvgIpc) is 2.30. The summed E-state index contributed by atoms with van der Waals surface area (Å²) in [7, 11) is 0. The van der Waals surface area contributed by atoms with E-state index in [9.17, 15) is 4.79 Å². The Balaban J connectivity index is 2.48. The van der Waals surface area contributed by atoms with Crippen molar-refractivity contribution < 1.29 is 9.90 Å². The van der Waals surface area contributed by atoms with Crippen LogP contribution in [-0.2, 0) is 4.79 Å². The van der Waals surface area contributed by atoms with E-state index in [2.05, 4.69) is 6.92 Å². The number of hydrogen-bond donors (Lipinski definition) is 1. The summed E-state index contributed by atoms with van der Waals surface area (Å²) in [4.78, 5) is 10.9. The lowest BCUT2D eigenvalue weighted by Crippen LogP contribution is -2.10. The Kier molecular flexibility index (Phi) is 2.44. The predicted octanol–water partition coefficient (Wildman–Crippen LogP) is 0.984. The van der Waals surface area contributed by atoms with Gasteiger partial charge in [0.15, 0.2) is 0 Å². The van der Waals surface area contributed by atoms with E-state index in [0.717, 1.165) is 6.42 Å². The van der Waals surface area contributed by atoms with Crippen molar-refractivity contribution in [3.63, 3.8) is 0 Å². The van der Waals surface area contributed by atoms with Crippen LogP contribution in [0, 0.1) is 11.8 Å². The van der Waals surface area contributed by atoms with Gasteiger partial charge in [-0.2, -0.15) is 0 Å². The first kappa shape index (κ1) is 7.73. The highest BCUT2D eigenvalue weighted by molar-refractivity contribution is 5.81. The van der Waals surface area contributed by atoms with Gasteiger partial charge in [-0.05, 0) is 11.8 Å². The van der Waals surface area contributed by atoms with Crippen LogP contribution in [0.5, 0.6) is 0 Å². The summed E-state index contributed by atoms with van der Waals surface area (Å²) in [5.41, 5.74) is 0. The minimum absolute atomic E-state index is 0.185. The maximum Gasteiger partial charge on any atom is 0.133 e. The third-order valence-electron chi connectivity index (χ3n) is 2.41. The molecule has 1 aliphatic carbocycles. The number of carbonyl (C=O) groups is 1. The number of aliphatic hydroxyl groups excluding tert-OH is 1. The van der Waals surface area contributed by atoms with Crippen LogP contribution in [0.4, 0.5) is 0 Å². The van der Waals surface area contributed by atoms with E-state index >= 15 is 0 Å². The minimum Gasteiger partial charge on any atom is -0.396 e. The van der Waals surface area contributed by atoms with Crippen molar-refractivity contribution in [2.75, 3.05) is 6.61 Å². The fourth-order valence-electron chi connectivity index (χ4n) is 1.69. The smallest absolute Gasteiger partial charge is 0.133 e. The Morgan fingerprint density at radius 2 is 2.10 bits per heavy atom. The number of aliphatic hydroxyl groups is 1. The van der Waals surface area contributed by atoms with Gasteiger partial charge in [0.25, 0.3) is 0 Å². The lowest BCUT2D eigenvalue weighted by atomic mass is 9.95. The molecule has 0 radical (unpaired) electrons. The van der Waals surface area contributed by atoms with E-state index in [1.165, 1.54) is 0 Å². The molecule has 0 bridgehead atoms. The van der Waals surface area contributed by atoms with Gasteiger partial charge in [0.2, 0.25) is 0 Å². The second kappa shape index (κ2) is 3.15. The molecule has 1 saturated carbocycles. The van der Waals surface area contributed by atoms with Gasteiger partial charge >= 0.3 is 0 Å². The van der Waals surface area contributed by atoms with E-state index < -0.39 is 0 Å². The lowest BCUT2D eigenvalue weighted by Gasteiger charge is -2.12. The van der Waals surface area contributed by atoms with Gasteiger partial charge in [0.1, 0.15) is 5.78 Å². The number of carbonyl (C=O) groups excluding carboxylic acids is 1. The Morgan fingerprint density at radius 1 is 1.50 bits per heavy atom. The Hall–Kier alpha value is -0.370. The zero-order valence-corrected chi connectivity index (χ0v) is 6.34. The van der Waals surface area contributed by atoms with E-state index in [4.69, 9.17) is 5.11 Å². The lowest BCUT2D eigenvalue weighted by molar-refractivity contribution is -0.117. The zero-order valence-electron chi connectivity index (χ0n) is 6.34. The van der Waals surface area contributed by atoms with Crippen LogP contribution in [-0.4, -0.2) is 17.5 Å². The van der Waals surface area contributed by atoms with Crippen molar-refractivity contribution >= 4 is 5.78 Å². The van der Waals surface area contributed by atoms with Crippen molar-refractivity contribution in [2.24, 2.45) is 11.8 Å². The molecular formula is C8H14O2. The summed E-state index contributed by atoms with van der Waals surface area (Å²) in [6.07, 6.45) is 2.33. The first-order chi connectivity index (χ1) is 4.77. The molecule has 10 heavy (non-hydrogen) atoms. The Morgan fingerprint density at radius 3 is 2.50 bits per heavy atom. The van der Waals surface area contributed by atoms with Crippen LogP contribution in [0.1, 0.15) is 26.2 Å². The molecule has 0 amide bonds. The third kappa shape index (κ3) is 1.37. The highest BCUT2D eigenvalue weighted by Crippen LogP contribution is 2.30. The molecule has 1 unspecified atom stereocenters. The maximum absolute atomic E-state index is 10.9.